The van der Waals surface area contributed by atoms with Gasteiger partial charge in [0.15, 0.2) is 0 Å². The maximum Gasteiger partial charge on any atom is 0.225 e. The molecule has 2 rings (SSSR count). The standard InChI is InChI=1S/C15H22ClN3O/c1-2-11-5-7-19(10-11)8-6-15(20)18-14-9-12(16)3-4-13(14)17/h3-4,9,11H,2,5-8,10,17H2,1H3,(H,18,20). The van der Waals surface area contributed by atoms with E-state index in [2.05, 4.69) is 17.1 Å². The number of hydrogen-bond acceptors (Lipinski definition) is 3. The number of hydrogen-bond donors (Lipinski definition) is 2. The number of benzene rings is 1. The fourth-order valence-corrected chi connectivity index (χ4v) is 2.73. The highest BCUT2D eigenvalue weighted by molar-refractivity contribution is 6.31. The van der Waals surface area contributed by atoms with Crippen molar-refractivity contribution in [3.05, 3.63) is 23.2 Å². The van der Waals surface area contributed by atoms with Crippen molar-refractivity contribution in [3.63, 3.8) is 0 Å². The van der Waals surface area contributed by atoms with Crippen LogP contribution in [0.5, 0.6) is 0 Å². The van der Waals surface area contributed by atoms with Gasteiger partial charge in [-0.05, 0) is 37.1 Å². The fraction of sp³-hybridized carbons (Fsp3) is 0.533. The number of carbonyl (C=O) groups excluding carboxylic acids is 1. The lowest BCUT2D eigenvalue weighted by atomic mass is 10.1. The number of carbonyl (C=O) groups is 1. The van der Waals surface area contributed by atoms with Gasteiger partial charge in [-0.3, -0.25) is 4.79 Å². The Hall–Kier alpha value is -1.26. The third-order valence-corrected chi connectivity index (χ3v) is 4.13. The number of nitrogens with zero attached hydrogens (tertiary/aromatic N) is 1. The zero-order valence-corrected chi connectivity index (χ0v) is 12.6. The Kier molecular flexibility index (Phi) is 5.26. The van der Waals surface area contributed by atoms with E-state index in [9.17, 15) is 4.79 Å². The van der Waals surface area contributed by atoms with E-state index in [0.29, 0.717) is 22.8 Å². The second-order valence-electron chi connectivity index (χ2n) is 5.39. The first-order valence-corrected chi connectivity index (χ1v) is 7.53. The predicted octanol–water partition coefficient (Wildman–Crippen LogP) is 2.98. The van der Waals surface area contributed by atoms with Crippen LogP contribution in [0.3, 0.4) is 0 Å². The first-order chi connectivity index (χ1) is 9.58. The molecule has 1 saturated heterocycles. The lowest BCUT2D eigenvalue weighted by Crippen LogP contribution is -2.26. The Labute approximate surface area is 125 Å². The van der Waals surface area contributed by atoms with E-state index in [-0.39, 0.29) is 5.91 Å². The maximum absolute atomic E-state index is 11.9. The summed E-state index contributed by atoms with van der Waals surface area (Å²) in [5.41, 5.74) is 6.94. The van der Waals surface area contributed by atoms with Gasteiger partial charge in [0, 0.05) is 24.5 Å². The molecule has 110 valence electrons. The SMILES string of the molecule is CCC1CCN(CCC(=O)Nc2cc(Cl)ccc2N)C1. The highest BCUT2D eigenvalue weighted by Crippen LogP contribution is 2.23. The maximum atomic E-state index is 11.9. The van der Waals surface area contributed by atoms with Gasteiger partial charge in [0.25, 0.3) is 0 Å². The fourth-order valence-electron chi connectivity index (χ4n) is 2.56. The number of halogens is 1. The molecule has 1 aromatic carbocycles. The van der Waals surface area contributed by atoms with Crippen molar-refractivity contribution >= 4 is 28.9 Å². The summed E-state index contributed by atoms with van der Waals surface area (Å²) in [5, 5.41) is 3.39. The van der Waals surface area contributed by atoms with Gasteiger partial charge in [0.1, 0.15) is 0 Å². The van der Waals surface area contributed by atoms with Crippen LogP contribution in [-0.2, 0) is 4.79 Å². The van der Waals surface area contributed by atoms with Crippen molar-refractivity contribution in [2.75, 3.05) is 30.7 Å². The van der Waals surface area contributed by atoms with E-state index in [4.69, 9.17) is 17.3 Å². The van der Waals surface area contributed by atoms with Gasteiger partial charge in [0.2, 0.25) is 5.91 Å². The zero-order chi connectivity index (χ0) is 14.5. The summed E-state index contributed by atoms with van der Waals surface area (Å²) in [5.74, 6) is 0.778. The number of nitrogens with two attached hydrogens (primary N) is 1. The van der Waals surface area contributed by atoms with Gasteiger partial charge in [-0.1, -0.05) is 24.9 Å². The van der Waals surface area contributed by atoms with Crippen molar-refractivity contribution in [3.8, 4) is 0 Å². The van der Waals surface area contributed by atoms with Gasteiger partial charge < -0.3 is 16.0 Å². The minimum atomic E-state index is -0.0149. The molecular formula is C15H22ClN3O. The molecule has 20 heavy (non-hydrogen) atoms. The number of nitrogen functional groups attached to an aromatic ring is 1. The van der Waals surface area contributed by atoms with Crippen LogP contribution in [0.4, 0.5) is 11.4 Å². The van der Waals surface area contributed by atoms with Gasteiger partial charge >= 0.3 is 0 Å². The normalized spacial score (nSPS) is 19.2. The largest absolute Gasteiger partial charge is 0.397 e. The van der Waals surface area contributed by atoms with Gasteiger partial charge in [-0.25, -0.2) is 0 Å². The lowest BCUT2D eigenvalue weighted by Gasteiger charge is -2.15. The number of rotatable bonds is 5. The lowest BCUT2D eigenvalue weighted by molar-refractivity contribution is -0.116. The second-order valence-corrected chi connectivity index (χ2v) is 5.83. The van der Waals surface area contributed by atoms with Crippen LogP contribution in [0, 0.1) is 5.92 Å². The zero-order valence-electron chi connectivity index (χ0n) is 11.9. The molecule has 1 amide bonds. The summed E-state index contributed by atoms with van der Waals surface area (Å²) in [6, 6.07) is 5.09. The Morgan fingerprint density at radius 3 is 3.05 bits per heavy atom. The van der Waals surface area contributed by atoms with E-state index < -0.39 is 0 Å². The van der Waals surface area contributed by atoms with Gasteiger partial charge in [-0.2, -0.15) is 0 Å². The summed E-state index contributed by atoms with van der Waals surface area (Å²) < 4.78 is 0. The molecule has 0 saturated carbocycles. The molecule has 0 spiro atoms. The highest BCUT2D eigenvalue weighted by atomic mass is 35.5. The number of nitrogens with one attached hydrogen (secondary N) is 1. The number of anilines is 2. The van der Waals surface area contributed by atoms with E-state index >= 15 is 0 Å². The Morgan fingerprint density at radius 2 is 2.35 bits per heavy atom. The molecule has 1 aliphatic rings. The smallest absolute Gasteiger partial charge is 0.225 e. The van der Waals surface area contributed by atoms with Crippen molar-refractivity contribution in [1.29, 1.82) is 0 Å². The Bertz CT molecular complexity index is 478. The molecule has 0 bridgehead atoms. The van der Waals surface area contributed by atoms with Crippen LogP contribution in [0.15, 0.2) is 18.2 Å². The van der Waals surface area contributed by atoms with Crippen LogP contribution < -0.4 is 11.1 Å². The average Bonchev–Trinajstić information content (AvgIpc) is 2.89. The van der Waals surface area contributed by atoms with Gasteiger partial charge in [0.05, 0.1) is 11.4 Å². The monoisotopic (exact) mass is 295 g/mol. The summed E-state index contributed by atoms with van der Waals surface area (Å²) in [7, 11) is 0. The molecule has 1 unspecified atom stereocenters. The molecular weight excluding hydrogens is 274 g/mol. The highest BCUT2D eigenvalue weighted by Gasteiger charge is 2.21. The number of amides is 1. The molecule has 0 radical (unpaired) electrons. The summed E-state index contributed by atoms with van der Waals surface area (Å²) in [4.78, 5) is 14.3. The van der Waals surface area contributed by atoms with Gasteiger partial charge in [-0.15, -0.1) is 0 Å². The molecule has 1 atom stereocenters. The van der Waals surface area contributed by atoms with Crippen LogP contribution >= 0.6 is 11.6 Å². The molecule has 4 nitrogen and oxygen atoms in total. The predicted molar refractivity (Wildman–Crippen MR) is 83.9 cm³/mol. The minimum Gasteiger partial charge on any atom is -0.397 e. The minimum absolute atomic E-state index is 0.0149. The van der Waals surface area contributed by atoms with E-state index in [0.717, 1.165) is 25.6 Å². The molecule has 0 aromatic heterocycles. The van der Waals surface area contributed by atoms with Crippen molar-refractivity contribution in [2.24, 2.45) is 5.92 Å². The summed E-state index contributed by atoms with van der Waals surface area (Å²) in [6.07, 6.45) is 2.96. The van der Waals surface area contributed by atoms with Crippen LogP contribution in [0.2, 0.25) is 5.02 Å². The Balaban J connectivity index is 1.79. The third-order valence-electron chi connectivity index (χ3n) is 3.89. The van der Waals surface area contributed by atoms with Crippen LogP contribution in [-0.4, -0.2) is 30.4 Å². The molecule has 1 fully saturated rings. The third kappa shape index (κ3) is 4.12. The molecule has 1 aromatic rings. The summed E-state index contributed by atoms with van der Waals surface area (Å²) >= 11 is 5.90. The molecule has 3 N–H and O–H groups in total. The van der Waals surface area contributed by atoms with Crippen molar-refractivity contribution < 1.29 is 4.79 Å². The van der Waals surface area contributed by atoms with Crippen molar-refractivity contribution in [2.45, 2.75) is 26.2 Å². The van der Waals surface area contributed by atoms with E-state index in [1.54, 1.807) is 18.2 Å². The van der Waals surface area contributed by atoms with Crippen LogP contribution in [0.25, 0.3) is 0 Å². The quantitative estimate of drug-likeness (QED) is 0.821. The Morgan fingerprint density at radius 1 is 1.55 bits per heavy atom. The molecule has 1 heterocycles. The second kappa shape index (κ2) is 6.95. The molecule has 1 aliphatic heterocycles. The first-order valence-electron chi connectivity index (χ1n) is 7.15. The summed E-state index contributed by atoms with van der Waals surface area (Å²) in [6.45, 7) is 5.25. The van der Waals surface area contributed by atoms with Crippen LogP contribution in [0.1, 0.15) is 26.2 Å². The average molecular weight is 296 g/mol. The topological polar surface area (TPSA) is 58.4 Å². The molecule has 0 aliphatic carbocycles. The van der Waals surface area contributed by atoms with E-state index in [1.165, 1.54) is 12.8 Å². The van der Waals surface area contributed by atoms with E-state index in [1.807, 2.05) is 0 Å². The first kappa shape index (κ1) is 15.1. The van der Waals surface area contributed by atoms with Crippen molar-refractivity contribution in [1.82, 2.24) is 4.90 Å². The molecule has 5 heteroatoms. The number of likely N-dealkylation sites (tertiary alicyclic amines) is 1.